The highest BCUT2D eigenvalue weighted by Gasteiger charge is 2.17. The highest BCUT2D eigenvalue weighted by atomic mass is 16.6. The number of carbonyl (C=O) groups is 2. The molecule has 5 nitrogen and oxygen atoms in total. The van der Waals surface area contributed by atoms with E-state index in [4.69, 9.17) is 9.47 Å². The van der Waals surface area contributed by atoms with E-state index in [1.54, 1.807) is 55.6 Å². The molecule has 5 heteroatoms. The van der Waals surface area contributed by atoms with Gasteiger partial charge in [0.1, 0.15) is 17.8 Å². The summed E-state index contributed by atoms with van der Waals surface area (Å²) in [6.07, 6.45) is 0.0425. The highest BCUT2D eigenvalue weighted by Crippen LogP contribution is 2.19. The monoisotopic (exact) mass is 285 g/mol. The van der Waals surface area contributed by atoms with E-state index in [9.17, 15) is 9.59 Å². The van der Waals surface area contributed by atoms with E-state index in [2.05, 4.69) is 0 Å². The first kappa shape index (κ1) is 14.6. The van der Waals surface area contributed by atoms with Crippen molar-refractivity contribution in [1.82, 2.24) is 0 Å². The van der Waals surface area contributed by atoms with Gasteiger partial charge < -0.3 is 14.3 Å². The summed E-state index contributed by atoms with van der Waals surface area (Å²) < 4.78 is 10.3. The number of ether oxygens (including phenoxy) is 2. The zero-order valence-corrected chi connectivity index (χ0v) is 11.6. The van der Waals surface area contributed by atoms with Gasteiger partial charge in [-0.15, -0.1) is 0 Å². The summed E-state index contributed by atoms with van der Waals surface area (Å²) in [5.41, 5.74) is 0.600. The van der Waals surface area contributed by atoms with Crippen molar-refractivity contribution in [1.29, 1.82) is 0 Å². The Morgan fingerprint density at radius 2 is 1.67 bits per heavy atom. The second-order valence-corrected chi connectivity index (χ2v) is 4.16. The molecule has 2 aromatic carbocycles. The predicted molar refractivity (Wildman–Crippen MR) is 78.9 cm³/mol. The van der Waals surface area contributed by atoms with Crippen LogP contribution in [0.15, 0.2) is 54.6 Å². The van der Waals surface area contributed by atoms with E-state index >= 15 is 0 Å². The lowest BCUT2D eigenvalue weighted by atomic mass is 10.3. The summed E-state index contributed by atoms with van der Waals surface area (Å²) in [4.78, 5) is 24.2. The van der Waals surface area contributed by atoms with Gasteiger partial charge in [-0.3, -0.25) is 4.90 Å². The Hall–Kier alpha value is -2.82. The van der Waals surface area contributed by atoms with Gasteiger partial charge in [-0.2, -0.15) is 0 Å². The van der Waals surface area contributed by atoms with Crippen molar-refractivity contribution in [3.05, 3.63) is 54.6 Å². The van der Waals surface area contributed by atoms with Gasteiger partial charge in [-0.1, -0.05) is 18.2 Å². The minimum Gasteiger partial charge on any atom is -0.497 e. The van der Waals surface area contributed by atoms with Crippen molar-refractivity contribution < 1.29 is 19.1 Å². The standard InChI is InChI=1S/C16H15NO4/c1-20-14-7-9-15(10-8-14)21-16(19)17(11-12-18)13-5-3-2-4-6-13/h2-10,12H,11H2,1H3. The molecule has 2 aromatic rings. The molecule has 0 saturated heterocycles. The zero-order valence-electron chi connectivity index (χ0n) is 11.6. The van der Waals surface area contributed by atoms with Gasteiger partial charge in [0, 0.05) is 5.69 Å². The number of anilines is 1. The number of hydrogen-bond donors (Lipinski definition) is 0. The van der Waals surface area contributed by atoms with Crippen LogP contribution in [-0.4, -0.2) is 26.0 Å². The maximum absolute atomic E-state index is 12.2. The van der Waals surface area contributed by atoms with Crippen molar-refractivity contribution in [2.75, 3.05) is 18.6 Å². The molecule has 0 fully saturated rings. The third kappa shape index (κ3) is 3.82. The number of carbonyl (C=O) groups excluding carboxylic acids is 2. The predicted octanol–water partition coefficient (Wildman–Crippen LogP) is 2.90. The van der Waals surface area contributed by atoms with E-state index in [1.165, 1.54) is 4.90 Å². The number of methoxy groups -OCH3 is 1. The van der Waals surface area contributed by atoms with Gasteiger partial charge in [0.25, 0.3) is 0 Å². The fourth-order valence-corrected chi connectivity index (χ4v) is 1.77. The van der Waals surface area contributed by atoms with Crippen LogP contribution in [-0.2, 0) is 4.79 Å². The molecule has 0 aliphatic rings. The van der Waals surface area contributed by atoms with Crippen molar-refractivity contribution in [2.45, 2.75) is 0 Å². The van der Waals surface area contributed by atoms with Crippen molar-refractivity contribution in [3.8, 4) is 11.5 Å². The third-order valence-corrected chi connectivity index (χ3v) is 2.81. The van der Waals surface area contributed by atoms with Gasteiger partial charge >= 0.3 is 6.09 Å². The van der Waals surface area contributed by atoms with Gasteiger partial charge in [0.2, 0.25) is 0 Å². The number of amides is 1. The molecule has 0 atom stereocenters. The van der Waals surface area contributed by atoms with E-state index in [1.807, 2.05) is 6.07 Å². The van der Waals surface area contributed by atoms with Crippen molar-refractivity contribution in [3.63, 3.8) is 0 Å². The number of para-hydroxylation sites is 1. The quantitative estimate of drug-likeness (QED) is 0.793. The van der Waals surface area contributed by atoms with E-state index in [-0.39, 0.29) is 6.54 Å². The number of benzene rings is 2. The lowest BCUT2D eigenvalue weighted by molar-refractivity contribution is -0.106. The Bertz CT molecular complexity index is 595. The lowest BCUT2D eigenvalue weighted by Crippen LogP contribution is -2.35. The molecule has 0 radical (unpaired) electrons. The van der Waals surface area contributed by atoms with Crippen LogP contribution in [0.5, 0.6) is 11.5 Å². The van der Waals surface area contributed by atoms with Crippen LogP contribution in [0.2, 0.25) is 0 Å². The number of nitrogens with zero attached hydrogens (tertiary/aromatic N) is 1. The fraction of sp³-hybridized carbons (Fsp3) is 0.125. The smallest absolute Gasteiger partial charge is 0.420 e. The first-order valence-corrected chi connectivity index (χ1v) is 6.36. The summed E-state index contributed by atoms with van der Waals surface area (Å²) in [6, 6.07) is 15.5. The molecular weight excluding hydrogens is 270 g/mol. The summed E-state index contributed by atoms with van der Waals surface area (Å²) in [7, 11) is 1.56. The van der Waals surface area contributed by atoms with Crippen LogP contribution in [0.1, 0.15) is 0 Å². The molecule has 2 rings (SSSR count). The van der Waals surface area contributed by atoms with Crippen LogP contribution >= 0.6 is 0 Å². The molecule has 0 aliphatic carbocycles. The zero-order chi connectivity index (χ0) is 15.1. The molecule has 0 bridgehead atoms. The maximum atomic E-state index is 12.2. The molecular formula is C16H15NO4. The summed E-state index contributed by atoms with van der Waals surface area (Å²) in [5, 5.41) is 0. The molecule has 1 amide bonds. The summed E-state index contributed by atoms with van der Waals surface area (Å²) in [6.45, 7) is -0.0704. The molecule has 0 N–H and O–H groups in total. The Balaban J connectivity index is 2.13. The first-order valence-electron chi connectivity index (χ1n) is 6.36. The van der Waals surface area contributed by atoms with Gasteiger partial charge in [0.05, 0.1) is 13.7 Å². The maximum Gasteiger partial charge on any atom is 0.420 e. The topological polar surface area (TPSA) is 55.8 Å². The molecule has 21 heavy (non-hydrogen) atoms. The second kappa shape index (κ2) is 7.09. The van der Waals surface area contributed by atoms with E-state index < -0.39 is 6.09 Å². The number of aldehydes is 1. The molecule has 0 saturated carbocycles. The lowest BCUT2D eigenvalue weighted by Gasteiger charge is -2.19. The van der Waals surface area contributed by atoms with Crippen LogP contribution < -0.4 is 14.4 Å². The molecule has 0 aliphatic heterocycles. The Morgan fingerprint density at radius 3 is 2.24 bits per heavy atom. The van der Waals surface area contributed by atoms with Crippen LogP contribution in [0.3, 0.4) is 0 Å². The number of rotatable bonds is 5. The molecule has 0 heterocycles. The first-order chi connectivity index (χ1) is 10.2. The average Bonchev–Trinajstić information content (AvgIpc) is 2.54. The largest absolute Gasteiger partial charge is 0.497 e. The van der Waals surface area contributed by atoms with Crippen LogP contribution in [0.4, 0.5) is 10.5 Å². The molecule has 0 aromatic heterocycles. The van der Waals surface area contributed by atoms with Gasteiger partial charge in [-0.25, -0.2) is 4.79 Å². The minimum atomic E-state index is -0.613. The average molecular weight is 285 g/mol. The molecule has 108 valence electrons. The molecule has 0 spiro atoms. The van der Waals surface area contributed by atoms with Crippen molar-refractivity contribution in [2.24, 2.45) is 0 Å². The Morgan fingerprint density at radius 1 is 1.05 bits per heavy atom. The normalized spacial score (nSPS) is 9.76. The van der Waals surface area contributed by atoms with E-state index in [0.29, 0.717) is 23.5 Å². The van der Waals surface area contributed by atoms with E-state index in [0.717, 1.165) is 0 Å². The van der Waals surface area contributed by atoms with Gasteiger partial charge in [0.15, 0.2) is 0 Å². The van der Waals surface area contributed by atoms with Crippen LogP contribution in [0.25, 0.3) is 0 Å². The van der Waals surface area contributed by atoms with Crippen molar-refractivity contribution >= 4 is 18.1 Å². The second-order valence-electron chi connectivity index (χ2n) is 4.16. The Kier molecular flexibility index (Phi) is 4.93. The Labute approximate surface area is 122 Å². The van der Waals surface area contributed by atoms with Crippen LogP contribution in [0, 0.1) is 0 Å². The SMILES string of the molecule is COc1ccc(OC(=O)N(CC=O)c2ccccc2)cc1. The highest BCUT2D eigenvalue weighted by molar-refractivity contribution is 5.92. The fourth-order valence-electron chi connectivity index (χ4n) is 1.77. The van der Waals surface area contributed by atoms with Gasteiger partial charge in [-0.05, 0) is 36.4 Å². The summed E-state index contributed by atoms with van der Waals surface area (Å²) in [5.74, 6) is 1.05. The minimum absolute atomic E-state index is 0.0704. The summed E-state index contributed by atoms with van der Waals surface area (Å²) >= 11 is 0. The molecule has 0 unspecified atom stereocenters. The number of hydrogen-bond acceptors (Lipinski definition) is 4. The third-order valence-electron chi connectivity index (χ3n) is 2.81.